The van der Waals surface area contributed by atoms with E-state index >= 15 is 0 Å². The maximum Gasteiger partial charge on any atom is 1.00 e. The Morgan fingerprint density at radius 2 is 1.91 bits per heavy atom. The molecule has 0 spiro atoms. The number of carbonyl (C=O) groups excluding carboxylic acids is 1. The summed E-state index contributed by atoms with van der Waals surface area (Å²) < 4.78 is 0. The summed E-state index contributed by atoms with van der Waals surface area (Å²) in [4.78, 5) is 10.6. The van der Waals surface area contributed by atoms with E-state index in [9.17, 15) is 4.79 Å². The van der Waals surface area contributed by atoms with E-state index in [1.165, 1.54) is 12.1 Å². The molecule has 1 N–H and O–H groups in total. The summed E-state index contributed by atoms with van der Waals surface area (Å²) in [5.74, 6) is -0.0255. The zero-order valence-corrected chi connectivity index (χ0v) is 8.47. The van der Waals surface area contributed by atoms with Gasteiger partial charge >= 0.3 is 22.4 Å². The molecular formula is C7H6AuO2S+. The molecule has 0 saturated carbocycles. The zero-order valence-electron chi connectivity index (χ0n) is 5.41. The van der Waals surface area contributed by atoms with Crippen LogP contribution in [-0.2, 0) is 22.4 Å². The Kier molecular flexibility index (Phi) is 4.52. The van der Waals surface area contributed by atoms with Gasteiger partial charge in [0.25, 0.3) is 0 Å². The zero-order chi connectivity index (χ0) is 7.56. The van der Waals surface area contributed by atoms with Crippen molar-refractivity contribution in [1.29, 1.82) is 0 Å². The van der Waals surface area contributed by atoms with Crippen molar-refractivity contribution in [2.24, 2.45) is 0 Å². The molecule has 0 aliphatic rings. The fraction of sp³-hybridized carbons (Fsp3) is 0. The van der Waals surface area contributed by atoms with Gasteiger partial charge in [0.15, 0.2) is 0 Å². The van der Waals surface area contributed by atoms with Crippen LogP contribution in [0.25, 0.3) is 0 Å². The third kappa shape index (κ3) is 2.71. The molecule has 0 saturated heterocycles. The summed E-state index contributed by atoms with van der Waals surface area (Å²) in [7, 11) is 0. The van der Waals surface area contributed by atoms with E-state index in [1.54, 1.807) is 12.1 Å². The molecule has 0 aromatic heterocycles. The van der Waals surface area contributed by atoms with Crippen LogP contribution in [0.1, 0.15) is 10.4 Å². The van der Waals surface area contributed by atoms with Crippen molar-refractivity contribution in [2.45, 2.75) is 0 Å². The molecule has 1 aromatic rings. The second-order valence-corrected chi connectivity index (χ2v) is 2.23. The first kappa shape index (κ1) is 10.8. The molecule has 0 atom stereocenters. The fourth-order valence-corrected chi connectivity index (χ4v) is 0.844. The normalized spacial score (nSPS) is 8.45. The maximum absolute atomic E-state index is 10.6. The predicted molar refractivity (Wildman–Crippen MR) is 41.4 cm³/mol. The largest absolute Gasteiger partial charge is 1.00 e. The Bertz CT molecular complexity index is 262. The van der Waals surface area contributed by atoms with Gasteiger partial charge in [0.1, 0.15) is 5.75 Å². The molecule has 0 aliphatic heterocycles. The van der Waals surface area contributed by atoms with Gasteiger partial charge in [-0.05, 0) is 12.1 Å². The van der Waals surface area contributed by atoms with Crippen LogP contribution >= 0.6 is 12.6 Å². The van der Waals surface area contributed by atoms with Crippen molar-refractivity contribution in [1.82, 2.24) is 0 Å². The first-order valence-corrected chi connectivity index (χ1v) is 3.18. The molecule has 0 fully saturated rings. The number of hydrogen-bond donors (Lipinski definition) is 2. The Morgan fingerprint density at radius 3 is 2.27 bits per heavy atom. The second-order valence-electron chi connectivity index (χ2n) is 1.82. The molecule has 1 rings (SSSR count). The number of phenolic OH excluding ortho intramolecular Hbond substituents is 1. The van der Waals surface area contributed by atoms with E-state index < -0.39 is 5.12 Å². The molecule has 0 amide bonds. The van der Waals surface area contributed by atoms with Crippen molar-refractivity contribution < 1.29 is 32.3 Å². The van der Waals surface area contributed by atoms with Crippen LogP contribution in [0.5, 0.6) is 5.75 Å². The molecule has 0 bridgehead atoms. The third-order valence-electron chi connectivity index (χ3n) is 1.13. The number of rotatable bonds is 1. The molecule has 0 aliphatic carbocycles. The van der Waals surface area contributed by atoms with Gasteiger partial charge < -0.3 is 5.11 Å². The van der Waals surface area contributed by atoms with Gasteiger partial charge in [0.05, 0.1) is 5.56 Å². The van der Waals surface area contributed by atoms with Crippen molar-refractivity contribution in [2.75, 3.05) is 0 Å². The predicted octanol–water partition coefficient (Wildman–Crippen LogP) is 1.46. The first-order chi connectivity index (χ1) is 4.72. The van der Waals surface area contributed by atoms with Crippen LogP contribution in [0.15, 0.2) is 24.3 Å². The van der Waals surface area contributed by atoms with Crippen molar-refractivity contribution in [3.05, 3.63) is 29.8 Å². The minimum absolute atomic E-state index is 0. The van der Waals surface area contributed by atoms with Crippen LogP contribution in [0.3, 0.4) is 0 Å². The van der Waals surface area contributed by atoms with Crippen LogP contribution in [0.4, 0.5) is 0 Å². The molecule has 0 radical (unpaired) electrons. The molecule has 0 heterocycles. The van der Waals surface area contributed by atoms with Crippen molar-refractivity contribution in [3.8, 4) is 5.75 Å². The van der Waals surface area contributed by atoms with Gasteiger partial charge in [-0.1, -0.05) is 12.1 Å². The third-order valence-corrected chi connectivity index (χ3v) is 1.38. The molecule has 11 heavy (non-hydrogen) atoms. The topological polar surface area (TPSA) is 37.3 Å². The van der Waals surface area contributed by atoms with Gasteiger partial charge in [-0.2, -0.15) is 0 Å². The minimum atomic E-state index is -0.418. The molecule has 62 valence electrons. The van der Waals surface area contributed by atoms with E-state index in [1.807, 2.05) is 0 Å². The Hall–Kier alpha value is -0.220. The summed E-state index contributed by atoms with van der Waals surface area (Å²) in [5, 5.41) is 8.59. The summed E-state index contributed by atoms with van der Waals surface area (Å²) in [6.45, 7) is 0. The molecule has 2 nitrogen and oxygen atoms in total. The fourth-order valence-electron chi connectivity index (χ4n) is 0.654. The maximum atomic E-state index is 10.6. The number of para-hydroxylation sites is 1. The second kappa shape index (κ2) is 4.62. The van der Waals surface area contributed by atoms with Crippen LogP contribution in [0.2, 0.25) is 0 Å². The number of thiol groups is 1. The van der Waals surface area contributed by atoms with Crippen LogP contribution < -0.4 is 0 Å². The number of hydrogen-bond acceptors (Lipinski definition) is 2. The molecule has 4 heteroatoms. The Balaban J connectivity index is 0.000001000. The number of aromatic hydroxyl groups is 1. The average Bonchev–Trinajstić information content (AvgIpc) is 1.88. The molecular weight excluding hydrogens is 345 g/mol. The smallest absolute Gasteiger partial charge is 0.507 e. The van der Waals surface area contributed by atoms with E-state index in [-0.39, 0.29) is 33.7 Å². The van der Waals surface area contributed by atoms with Gasteiger partial charge in [-0.25, -0.2) is 0 Å². The summed E-state index contributed by atoms with van der Waals surface area (Å²) in [6, 6.07) is 6.28. The number of carbonyl (C=O) groups is 1. The Labute approximate surface area is 85.5 Å². The SMILES string of the molecule is O=C(S)c1ccccc1O.[Au+]. The van der Waals surface area contributed by atoms with Gasteiger partial charge in [-0.15, -0.1) is 12.6 Å². The van der Waals surface area contributed by atoms with Gasteiger partial charge in [0, 0.05) is 0 Å². The molecule has 1 aromatic carbocycles. The number of phenols is 1. The Morgan fingerprint density at radius 1 is 1.36 bits per heavy atom. The van der Waals surface area contributed by atoms with Crippen LogP contribution in [0, 0.1) is 0 Å². The summed E-state index contributed by atoms with van der Waals surface area (Å²) >= 11 is 3.56. The first-order valence-electron chi connectivity index (χ1n) is 2.73. The standard InChI is InChI=1S/C7H6O2S.Au/c8-6-4-2-1-3-5(6)7(9)10;/h1-4,8H,(H,9,10);/q;+1. The van der Waals surface area contributed by atoms with E-state index in [2.05, 4.69) is 12.6 Å². The minimum Gasteiger partial charge on any atom is -0.507 e. The summed E-state index contributed by atoms with van der Waals surface area (Å²) in [5.41, 5.74) is 0.242. The monoisotopic (exact) mass is 351 g/mol. The van der Waals surface area contributed by atoms with Crippen LogP contribution in [-0.4, -0.2) is 10.2 Å². The van der Waals surface area contributed by atoms with Crippen molar-refractivity contribution in [3.63, 3.8) is 0 Å². The van der Waals surface area contributed by atoms with E-state index in [0.29, 0.717) is 0 Å². The quantitative estimate of drug-likeness (QED) is 0.594. The molecule has 0 unspecified atom stereocenters. The van der Waals surface area contributed by atoms with Gasteiger partial charge in [0.2, 0.25) is 5.12 Å². The van der Waals surface area contributed by atoms with Crippen molar-refractivity contribution >= 4 is 17.7 Å². The van der Waals surface area contributed by atoms with E-state index in [4.69, 9.17) is 5.11 Å². The summed E-state index contributed by atoms with van der Waals surface area (Å²) in [6.07, 6.45) is 0. The van der Waals surface area contributed by atoms with Gasteiger partial charge in [-0.3, -0.25) is 4.79 Å². The average molecular weight is 351 g/mol. The number of benzene rings is 1. The van der Waals surface area contributed by atoms with E-state index in [0.717, 1.165) is 0 Å².